The Bertz CT molecular complexity index is 280. The number of fused-ring (bicyclic) bond motifs is 1. The molecule has 2 rings (SSSR count). The van der Waals surface area contributed by atoms with Gasteiger partial charge in [0.2, 0.25) is 0 Å². The van der Waals surface area contributed by atoms with Gasteiger partial charge in [0.1, 0.15) is 0 Å². The minimum Gasteiger partial charge on any atom is -0.307 e. The Hall–Kier alpha value is -0.820. The van der Waals surface area contributed by atoms with Crippen molar-refractivity contribution in [1.29, 1.82) is 0 Å². The van der Waals surface area contributed by atoms with E-state index in [-0.39, 0.29) is 0 Å². The standard InChI is InChI=1S/C11H15N/c1-8-7-10-5-3-4-6-11(10)9(2)12-8/h3-6,8-9,12H,7H2,1-2H3/t8-,9-/m1/s1. The lowest BCUT2D eigenvalue weighted by Gasteiger charge is -2.28. The van der Waals surface area contributed by atoms with E-state index in [1.54, 1.807) is 0 Å². The van der Waals surface area contributed by atoms with E-state index in [1.165, 1.54) is 17.5 Å². The summed E-state index contributed by atoms with van der Waals surface area (Å²) >= 11 is 0. The van der Waals surface area contributed by atoms with Crippen molar-refractivity contribution in [3.8, 4) is 0 Å². The predicted octanol–water partition coefficient (Wildman–Crippen LogP) is 2.28. The zero-order valence-electron chi connectivity index (χ0n) is 7.67. The molecule has 1 aliphatic heterocycles. The van der Waals surface area contributed by atoms with Crippen molar-refractivity contribution < 1.29 is 0 Å². The molecule has 0 aromatic heterocycles. The third-order valence-electron chi connectivity index (χ3n) is 2.58. The van der Waals surface area contributed by atoms with Crippen molar-refractivity contribution >= 4 is 0 Å². The number of hydrogen-bond acceptors (Lipinski definition) is 1. The van der Waals surface area contributed by atoms with Crippen molar-refractivity contribution in [1.82, 2.24) is 5.32 Å². The van der Waals surface area contributed by atoms with Crippen molar-refractivity contribution in [2.24, 2.45) is 0 Å². The van der Waals surface area contributed by atoms with E-state index in [1.807, 2.05) is 0 Å². The highest BCUT2D eigenvalue weighted by atomic mass is 14.9. The fourth-order valence-corrected chi connectivity index (χ4v) is 2.05. The molecule has 0 bridgehead atoms. The van der Waals surface area contributed by atoms with Crippen LogP contribution < -0.4 is 5.32 Å². The maximum atomic E-state index is 3.54. The molecule has 2 atom stereocenters. The van der Waals surface area contributed by atoms with Gasteiger partial charge in [0.05, 0.1) is 0 Å². The monoisotopic (exact) mass is 161 g/mol. The van der Waals surface area contributed by atoms with Crippen LogP contribution in [0.15, 0.2) is 24.3 Å². The average Bonchev–Trinajstić information content (AvgIpc) is 2.04. The second-order valence-electron chi connectivity index (χ2n) is 3.69. The van der Waals surface area contributed by atoms with Gasteiger partial charge in [-0.1, -0.05) is 24.3 Å². The lowest BCUT2D eigenvalue weighted by Crippen LogP contribution is -2.35. The third-order valence-corrected chi connectivity index (χ3v) is 2.58. The zero-order chi connectivity index (χ0) is 8.55. The van der Waals surface area contributed by atoms with Crippen LogP contribution in [-0.2, 0) is 6.42 Å². The van der Waals surface area contributed by atoms with Gasteiger partial charge in [-0.2, -0.15) is 0 Å². The normalized spacial score (nSPS) is 28.2. The molecule has 1 nitrogen and oxygen atoms in total. The van der Waals surface area contributed by atoms with E-state index >= 15 is 0 Å². The summed E-state index contributed by atoms with van der Waals surface area (Å²) < 4.78 is 0. The van der Waals surface area contributed by atoms with E-state index in [2.05, 4.69) is 43.4 Å². The molecule has 64 valence electrons. The summed E-state index contributed by atoms with van der Waals surface area (Å²) in [6.07, 6.45) is 1.17. The Balaban J connectivity index is 2.40. The minimum atomic E-state index is 0.518. The Morgan fingerprint density at radius 1 is 1.25 bits per heavy atom. The van der Waals surface area contributed by atoms with Crippen molar-refractivity contribution in [2.45, 2.75) is 32.4 Å². The molecule has 1 aromatic carbocycles. The molecule has 1 heteroatoms. The van der Waals surface area contributed by atoms with Crippen LogP contribution in [0.25, 0.3) is 0 Å². The molecule has 0 radical (unpaired) electrons. The van der Waals surface area contributed by atoms with E-state index in [4.69, 9.17) is 0 Å². The first-order chi connectivity index (χ1) is 5.77. The van der Waals surface area contributed by atoms with Crippen LogP contribution in [0.5, 0.6) is 0 Å². The van der Waals surface area contributed by atoms with Crippen molar-refractivity contribution in [3.63, 3.8) is 0 Å². The van der Waals surface area contributed by atoms with Gasteiger partial charge in [0.15, 0.2) is 0 Å². The first-order valence-corrected chi connectivity index (χ1v) is 4.61. The van der Waals surface area contributed by atoms with Crippen LogP contribution in [-0.4, -0.2) is 6.04 Å². The van der Waals surface area contributed by atoms with Gasteiger partial charge in [0.25, 0.3) is 0 Å². The number of nitrogens with one attached hydrogen (secondary N) is 1. The molecule has 0 saturated carbocycles. The minimum absolute atomic E-state index is 0.518. The molecule has 0 fully saturated rings. The Morgan fingerprint density at radius 2 is 2.00 bits per heavy atom. The fourth-order valence-electron chi connectivity index (χ4n) is 2.05. The Labute approximate surface area is 73.8 Å². The maximum absolute atomic E-state index is 3.54. The summed E-state index contributed by atoms with van der Waals surface area (Å²) in [4.78, 5) is 0. The van der Waals surface area contributed by atoms with E-state index in [9.17, 15) is 0 Å². The first kappa shape index (κ1) is 7.81. The van der Waals surface area contributed by atoms with Gasteiger partial charge in [-0.3, -0.25) is 0 Å². The van der Waals surface area contributed by atoms with Crippen molar-refractivity contribution in [3.05, 3.63) is 35.4 Å². The topological polar surface area (TPSA) is 12.0 Å². The molecule has 1 heterocycles. The van der Waals surface area contributed by atoms with Crippen LogP contribution in [0.3, 0.4) is 0 Å². The second-order valence-corrected chi connectivity index (χ2v) is 3.69. The fraction of sp³-hybridized carbons (Fsp3) is 0.455. The van der Waals surface area contributed by atoms with E-state index < -0.39 is 0 Å². The Kier molecular flexibility index (Phi) is 1.89. The number of rotatable bonds is 0. The molecule has 0 saturated heterocycles. The van der Waals surface area contributed by atoms with E-state index in [0.717, 1.165) is 0 Å². The summed E-state index contributed by atoms with van der Waals surface area (Å²) in [5.41, 5.74) is 2.98. The Morgan fingerprint density at radius 3 is 2.83 bits per heavy atom. The molecule has 1 N–H and O–H groups in total. The lowest BCUT2D eigenvalue weighted by atomic mass is 9.92. The largest absolute Gasteiger partial charge is 0.307 e. The molecular weight excluding hydrogens is 146 g/mol. The number of hydrogen-bond donors (Lipinski definition) is 1. The summed E-state index contributed by atoms with van der Waals surface area (Å²) in [7, 11) is 0. The molecule has 0 aliphatic carbocycles. The highest BCUT2D eigenvalue weighted by Crippen LogP contribution is 2.23. The average molecular weight is 161 g/mol. The SMILES string of the molecule is C[C@@H]1Cc2ccccc2[C@@H](C)N1. The van der Waals surface area contributed by atoms with Crippen LogP contribution in [0.1, 0.15) is 31.0 Å². The number of benzene rings is 1. The molecule has 1 aromatic rings. The predicted molar refractivity (Wildman–Crippen MR) is 51.2 cm³/mol. The van der Waals surface area contributed by atoms with Crippen molar-refractivity contribution in [2.75, 3.05) is 0 Å². The molecule has 0 unspecified atom stereocenters. The highest BCUT2D eigenvalue weighted by Gasteiger charge is 2.18. The zero-order valence-corrected chi connectivity index (χ0v) is 7.67. The summed E-state index contributed by atoms with van der Waals surface area (Å²) in [6, 6.07) is 9.85. The third kappa shape index (κ3) is 1.25. The van der Waals surface area contributed by atoms with Gasteiger partial charge < -0.3 is 5.32 Å². The van der Waals surface area contributed by atoms with Gasteiger partial charge >= 0.3 is 0 Å². The summed E-state index contributed by atoms with van der Waals surface area (Å²) in [5, 5.41) is 3.54. The van der Waals surface area contributed by atoms with Gasteiger partial charge in [-0.25, -0.2) is 0 Å². The quantitative estimate of drug-likeness (QED) is 0.615. The molecule has 1 aliphatic rings. The molecule has 12 heavy (non-hydrogen) atoms. The first-order valence-electron chi connectivity index (χ1n) is 4.61. The highest BCUT2D eigenvalue weighted by molar-refractivity contribution is 5.32. The maximum Gasteiger partial charge on any atom is 0.0297 e. The van der Waals surface area contributed by atoms with Gasteiger partial charge in [-0.05, 0) is 31.4 Å². The van der Waals surface area contributed by atoms with Gasteiger partial charge in [-0.15, -0.1) is 0 Å². The van der Waals surface area contributed by atoms with Crippen LogP contribution in [0.4, 0.5) is 0 Å². The smallest absolute Gasteiger partial charge is 0.0297 e. The van der Waals surface area contributed by atoms with Crippen LogP contribution in [0, 0.1) is 0 Å². The second kappa shape index (κ2) is 2.91. The molecule has 0 spiro atoms. The lowest BCUT2D eigenvalue weighted by molar-refractivity contribution is 0.446. The van der Waals surface area contributed by atoms with Crippen LogP contribution in [0.2, 0.25) is 0 Å². The summed E-state index contributed by atoms with van der Waals surface area (Å²) in [5.74, 6) is 0. The summed E-state index contributed by atoms with van der Waals surface area (Å²) in [6.45, 7) is 4.47. The molecular formula is C11H15N. The molecule has 0 amide bonds. The van der Waals surface area contributed by atoms with E-state index in [0.29, 0.717) is 12.1 Å². The van der Waals surface area contributed by atoms with Gasteiger partial charge in [0, 0.05) is 12.1 Å². The van der Waals surface area contributed by atoms with Crippen LogP contribution >= 0.6 is 0 Å².